The van der Waals surface area contributed by atoms with E-state index in [0.717, 1.165) is 12.2 Å². The number of carbonyl (C=O) groups excluding carboxylic acids is 1. The highest BCUT2D eigenvalue weighted by Gasteiger charge is 2.24. The van der Waals surface area contributed by atoms with Gasteiger partial charge in [0.25, 0.3) is 0 Å². The standard InChI is InChI=1S/C22H25NO5/c1-23(12-21-18-7-3-2-6-16(18)10-11-26-21)22(24)15-25-13-17-14-27-19-8-4-5-9-20(19)28-17/h2-9,17,21H,10-15H2,1H3/t17-,21-/m0/s1. The topological polar surface area (TPSA) is 57.2 Å². The van der Waals surface area contributed by atoms with Crippen LogP contribution in [-0.2, 0) is 20.7 Å². The Bertz CT molecular complexity index is 824. The average Bonchev–Trinajstić information content (AvgIpc) is 2.74. The Hall–Kier alpha value is -2.57. The predicted octanol–water partition coefficient (Wildman–Crippen LogP) is 2.62. The van der Waals surface area contributed by atoms with Gasteiger partial charge in [0, 0.05) is 7.05 Å². The third-order valence-corrected chi connectivity index (χ3v) is 5.05. The average molecular weight is 383 g/mol. The van der Waals surface area contributed by atoms with Crippen molar-refractivity contribution in [3.63, 3.8) is 0 Å². The van der Waals surface area contributed by atoms with Crippen LogP contribution in [0.1, 0.15) is 17.2 Å². The third kappa shape index (κ3) is 4.29. The van der Waals surface area contributed by atoms with Crippen LogP contribution in [0, 0.1) is 0 Å². The molecular formula is C22H25NO5. The van der Waals surface area contributed by atoms with E-state index in [1.807, 2.05) is 36.4 Å². The maximum absolute atomic E-state index is 12.4. The number of hydrogen-bond donors (Lipinski definition) is 0. The molecule has 0 saturated carbocycles. The lowest BCUT2D eigenvalue weighted by atomic mass is 9.97. The fourth-order valence-electron chi connectivity index (χ4n) is 3.51. The molecule has 2 aliphatic rings. The maximum atomic E-state index is 12.4. The highest BCUT2D eigenvalue weighted by molar-refractivity contribution is 5.77. The summed E-state index contributed by atoms with van der Waals surface area (Å²) in [5, 5.41) is 0. The van der Waals surface area contributed by atoms with Gasteiger partial charge in [0.1, 0.15) is 19.3 Å². The number of nitrogens with zero attached hydrogens (tertiary/aromatic N) is 1. The van der Waals surface area contributed by atoms with Crippen molar-refractivity contribution in [2.24, 2.45) is 0 Å². The van der Waals surface area contributed by atoms with E-state index in [1.165, 1.54) is 11.1 Å². The van der Waals surface area contributed by atoms with Crippen molar-refractivity contribution in [1.82, 2.24) is 4.90 Å². The molecule has 0 radical (unpaired) electrons. The molecule has 6 heteroatoms. The van der Waals surface area contributed by atoms with Crippen molar-refractivity contribution in [3.8, 4) is 11.5 Å². The van der Waals surface area contributed by atoms with E-state index in [0.29, 0.717) is 32.1 Å². The first-order chi connectivity index (χ1) is 13.7. The number of hydrogen-bond acceptors (Lipinski definition) is 5. The summed E-state index contributed by atoms with van der Waals surface area (Å²) in [7, 11) is 1.78. The summed E-state index contributed by atoms with van der Waals surface area (Å²) in [5.74, 6) is 1.37. The van der Waals surface area contributed by atoms with Gasteiger partial charge in [-0.3, -0.25) is 4.79 Å². The number of ether oxygens (including phenoxy) is 4. The van der Waals surface area contributed by atoms with Crippen LogP contribution in [0.2, 0.25) is 0 Å². The molecule has 0 aliphatic carbocycles. The summed E-state index contributed by atoms with van der Waals surface area (Å²) in [4.78, 5) is 14.1. The van der Waals surface area contributed by atoms with Crippen LogP contribution in [0.25, 0.3) is 0 Å². The van der Waals surface area contributed by atoms with Crippen LogP contribution in [-0.4, -0.2) is 56.9 Å². The quantitative estimate of drug-likeness (QED) is 0.768. The zero-order chi connectivity index (χ0) is 19.3. The number of rotatable bonds is 6. The Labute approximate surface area is 165 Å². The lowest BCUT2D eigenvalue weighted by molar-refractivity contribution is -0.138. The van der Waals surface area contributed by atoms with Crippen molar-refractivity contribution in [3.05, 3.63) is 59.7 Å². The SMILES string of the molecule is CN(C[C@@H]1OCCc2ccccc21)C(=O)COC[C@H]1COc2ccccc2O1. The van der Waals surface area contributed by atoms with Crippen LogP contribution in [0.15, 0.2) is 48.5 Å². The first kappa shape index (κ1) is 18.8. The van der Waals surface area contributed by atoms with Gasteiger partial charge in [0.15, 0.2) is 17.6 Å². The Morgan fingerprint density at radius 3 is 2.82 bits per heavy atom. The monoisotopic (exact) mass is 383 g/mol. The normalized spacial score (nSPS) is 20.3. The van der Waals surface area contributed by atoms with Crippen molar-refractivity contribution in [2.75, 3.05) is 40.0 Å². The number of fused-ring (bicyclic) bond motifs is 2. The second kappa shape index (κ2) is 8.63. The van der Waals surface area contributed by atoms with E-state index in [4.69, 9.17) is 18.9 Å². The summed E-state index contributed by atoms with van der Waals surface area (Å²) in [6, 6.07) is 15.8. The summed E-state index contributed by atoms with van der Waals surface area (Å²) < 4.78 is 23.0. The highest BCUT2D eigenvalue weighted by atomic mass is 16.6. The van der Waals surface area contributed by atoms with Crippen LogP contribution in [0.4, 0.5) is 0 Å². The molecule has 4 rings (SSSR count). The van der Waals surface area contributed by atoms with Crippen molar-refractivity contribution in [2.45, 2.75) is 18.6 Å². The molecule has 1 amide bonds. The van der Waals surface area contributed by atoms with Crippen LogP contribution >= 0.6 is 0 Å². The lowest BCUT2D eigenvalue weighted by Gasteiger charge is -2.30. The largest absolute Gasteiger partial charge is 0.486 e. The molecule has 28 heavy (non-hydrogen) atoms. The molecular weight excluding hydrogens is 358 g/mol. The fraction of sp³-hybridized carbons (Fsp3) is 0.409. The summed E-state index contributed by atoms with van der Waals surface area (Å²) >= 11 is 0. The Kier molecular flexibility index (Phi) is 5.78. The minimum atomic E-state index is -0.221. The summed E-state index contributed by atoms with van der Waals surface area (Å²) in [5.41, 5.74) is 2.46. The van der Waals surface area contributed by atoms with Gasteiger partial charge in [0.2, 0.25) is 5.91 Å². The molecule has 0 N–H and O–H groups in total. The molecule has 0 saturated heterocycles. The number of likely N-dealkylation sites (N-methyl/N-ethyl adjacent to an activating group) is 1. The Morgan fingerprint density at radius 1 is 1.14 bits per heavy atom. The van der Waals surface area contributed by atoms with E-state index in [2.05, 4.69) is 12.1 Å². The van der Waals surface area contributed by atoms with Gasteiger partial charge in [-0.15, -0.1) is 0 Å². The number of carbonyl (C=O) groups is 1. The van der Waals surface area contributed by atoms with Gasteiger partial charge in [-0.2, -0.15) is 0 Å². The van der Waals surface area contributed by atoms with E-state index < -0.39 is 0 Å². The van der Waals surface area contributed by atoms with Crippen molar-refractivity contribution < 1.29 is 23.7 Å². The summed E-state index contributed by atoms with van der Waals surface area (Å²) in [6.45, 7) is 1.91. The van der Waals surface area contributed by atoms with Gasteiger partial charge in [-0.25, -0.2) is 0 Å². The molecule has 6 nitrogen and oxygen atoms in total. The minimum Gasteiger partial charge on any atom is -0.486 e. The Balaban J connectivity index is 1.24. The summed E-state index contributed by atoms with van der Waals surface area (Å²) in [6.07, 6.45) is 0.604. The molecule has 0 fully saturated rings. The van der Waals surface area contributed by atoms with Gasteiger partial charge in [-0.1, -0.05) is 36.4 Å². The zero-order valence-electron chi connectivity index (χ0n) is 16.0. The number of amides is 1. The molecule has 148 valence electrons. The maximum Gasteiger partial charge on any atom is 0.248 e. The van der Waals surface area contributed by atoms with Gasteiger partial charge in [-0.05, 0) is 29.7 Å². The van der Waals surface area contributed by atoms with Gasteiger partial charge >= 0.3 is 0 Å². The molecule has 0 bridgehead atoms. The van der Waals surface area contributed by atoms with E-state index >= 15 is 0 Å². The molecule has 2 aliphatic heterocycles. The second-order valence-corrected chi connectivity index (χ2v) is 7.10. The molecule has 2 heterocycles. The van der Waals surface area contributed by atoms with E-state index in [-0.39, 0.29) is 24.7 Å². The first-order valence-electron chi connectivity index (χ1n) is 9.60. The molecule has 0 unspecified atom stereocenters. The fourth-order valence-corrected chi connectivity index (χ4v) is 3.51. The van der Waals surface area contributed by atoms with Gasteiger partial charge < -0.3 is 23.8 Å². The number of para-hydroxylation sites is 2. The third-order valence-electron chi connectivity index (χ3n) is 5.05. The van der Waals surface area contributed by atoms with Crippen LogP contribution in [0.5, 0.6) is 11.5 Å². The molecule has 0 spiro atoms. The molecule has 2 aromatic carbocycles. The molecule has 0 aromatic heterocycles. The van der Waals surface area contributed by atoms with E-state index in [1.54, 1.807) is 11.9 Å². The van der Waals surface area contributed by atoms with Crippen molar-refractivity contribution >= 4 is 5.91 Å². The number of benzene rings is 2. The lowest BCUT2D eigenvalue weighted by Crippen LogP contribution is -2.38. The highest BCUT2D eigenvalue weighted by Crippen LogP contribution is 2.31. The van der Waals surface area contributed by atoms with E-state index in [9.17, 15) is 4.79 Å². The smallest absolute Gasteiger partial charge is 0.248 e. The second-order valence-electron chi connectivity index (χ2n) is 7.10. The Morgan fingerprint density at radius 2 is 1.93 bits per heavy atom. The van der Waals surface area contributed by atoms with Crippen molar-refractivity contribution in [1.29, 1.82) is 0 Å². The zero-order valence-corrected chi connectivity index (χ0v) is 16.0. The van der Waals surface area contributed by atoms with Crippen LogP contribution in [0.3, 0.4) is 0 Å². The van der Waals surface area contributed by atoms with Gasteiger partial charge in [0.05, 0.1) is 19.8 Å². The first-order valence-corrected chi connectivity index (χ1v) is 9.60. The predicted molar refractivity (Wildman–Crippen MR) is 104 cm³/mol. The minimum absolute atomic E-state index is 0.00632. The molecule has 2 aromatic rings. The molecule has 2 atom stereocenters. The van der Waals surface area contributed by atoms with Crippen LogP contribution < -0.4 is 9.47 Å².